The van der Waals surface area contributed by atoms with Crippen LogP contribution >= 0.6 is 24.0 Å². The summed E-state index contributed by atoms with van der Waals surface area (Å²) >= 11 is 6.86. The fourth-order valence-electron chi connectivity index (χ4n) is 5.60. The lowest BCUT2D eigenvalue weighted by molar-refractivity contribution is -0.122. The van der Waals surface area contributed by atoms with E-state index in [1.807, 2.05) is 31.2 Å². The van der Waals surface area contributed by atoms with Gasteiger partial charge < -0.3 is 14.5 Å². The first-order valence-electron chi connectivity index (χ1n) is 14.6. The summed E-state index contributed by atoms with van der Waals surface area (Å²) < 4.78 is 20.9. The van der Waals surface area contributed by atoms with E-state index < -0.39 is 0 Å². The molecule has 3 heterocycles. The van der Waals surface area contributed by atoms with E-state index >= 15 is 0 Å². The van der Waals surface area contributed by atoms with E-state index in [0.29, 0.717) is 78.3 Å². The predicted molar refractivity (Wildman–Crippen MR) is 178 cm³/mol. The Balaban J connectivity index is 1.46. The number of piperazine rings is 1. The first kappa shape index (κ1) is 31.3. The van der Waals surface area contributed by atoms with Crippen LogP contribution in [0.3, 0.4) is 0 Å². The molecule has 2 aliphatic rings. The third kappa shape index (κ3) is 6.37. The van der Waals surface area contributed by atoms with Crippen LogP contribution in [0.5, 0.6) is 5.75 Å². The molecule has 2 aromatic carbocycles. The second kappa shape index (κ2) is 13.7. The third-order valence-electron chi connectivity index (χ3n) is 8.00. The SMILES string of the molecule is CCCn1c(N2CCN(c3ccc(F)cc3)CC2)c(/C=C2\SC(=S)N(CCc3ccc(OC)cc3)C2=O)c(C)c(C#N)c1=O. The molecular weight excluding hydrogens is 598 g/mol. The number of amides is 1. The van der Waals surface area contributed by atoms with Gasteiger partial charge in [-0.3, -0.25) is 19.1 Å². The van der Waals surface area contributed by atoms with Gasteiger partial charge in [0.2, 0.25) is 0 Å². The molecule has 0 spiro atoms. The standard InChI is InChI=1S/C33H34FN5O3S2/c1-4-14-38-30(37-18-16-36(17-19-37)25-9-7-24(34)8-10-25)27(22(2)28(21-35)31(38)40)20-29-32(41)39(33(43)44-29)15-13-23-5-11-26(42-3)12-6-23/h5-12,20H,4,13-19H2,1-3H3/b29-20-. The zero-order valence-corrected chi connectivity index (χ0v) is 26.6. The number of anilines is 2. The van der Waals surface area contributed by atoms with Crippen LogP contribution < -0.4 is 20.1 Å². The number of ether oxygens (including phenoxy) is 1. The molecule has 0 aliphatic carbocycles. The van der Waals surface area contributed by atoms with Crippen molar-refractivity contribution in [1.82, 2.24) is 9.47 Å². The van der Waals surface area contributed by atoms with Gasteiger partial charge >= 0.3 is 0 Å². The number of benzene rings is 2. The number of pyridine rings is 1. The number of carbonyl (C=O) groups is 1. The lowest BCUT2D eigenvalue weighted by Crippen LogP contribution is -2.48. The highest BCUT2D eigenvalue weighted by atomic mass is 32.2. The molecule has 0 saturated carbocycles. The number of hydrogen-bond donors (Lipinski definition) is 0. The van der Waals surface area contributed by atoms with Crippen LogP contribution in [-0.2, 0) is 17.8 Å². The van der Waals surface area contributed by atoms with Crippen LogP contribution in [0.2, 0.25) is 0 Å². The minimum atomic E-state index is -0.327. The summed E-state index contributed by atoms with van der Waals surface area (Å²) in [5, 5.41) is 9.97. The maximum atomic E-state index is 13.6. The van der Waals surface area contributed by atoms with Crippen LogP contribution in [0.25, 0.3) is 6.08 Å². The molecular formula is C33H34FN5O3S2. The number of thiocarbonyl (C=S) groups is 1. The van der Waals surface area contributed by atoms with Gasteiger partial charge in [-0.2, -0.15) is 5.26 Å². The fourth-order valence-corrected chi connectivity index (χ4v) is 6.89. The zero-order chi connectivity index (χ0) is 31.4. The monoisotopic (exact) mass is 631 g/mol. The van der Waals surface area contributed by atoms with Crippen LogP contribution in [0, 0.1) is 24.1 Å². The topological polar surface area (TPSA) is 81.8 Å². The van der Waals surface area contributed by atoms with Gasteiger partial charge in [-0.25, -0.2) is 4.39 Å². The van der Waals surface area contributed by atoms with Gasteiger partial charge in [0, 0.05) is 50.5 Å². The first-order chi connectivity index (χ1) is 21.2. The molecule has 0 unspecified atom stereocenters. The van der Waals surface area contributed by atoms with Crippen molar-refractivity contribution in [1.29, 1.82) is 5.26 Å². The Bertz CT molecular complexity index is 1690. The van der Waals surface area contributed by atoms with E-state index in [4.69, 9.17) is 17.0 Å². The van der Waals surface area contributed by atoms with Crippen molar-refractivity contribution in [2.75, 3.05) is 49.6 Å². The quantitative estimate of drug-likeness (QED) is 0.231. The summed E-state index contributed by atoms with van der Waals surface area (Å²) in [5.41, 5.74) is 2.98. The van der Waals surface area contributed by atoms with Gasteiger partial charge in [0.05, 0.1) is 12.0 Å². The number of thioether (sulfide) groups is 1. The van der Waals surface area contributed by atoms with Crippen molar-refractivity contribution >= 4 is 51.8 Å². The van der Waals surface area contributed by atoms with E-state index in [1.165, 1.54) is 23.9 Å². The highest BCUT2D eigenvalue weighted by molar-refractivity contribution is 8.26. The summed E-state index contributed by atoms with van der Waals surface area (Å²) in [6, 6.07) is 16.3. The Morgan fingerprint density at radius 3 is 2.30 bits per heavy atom. The Hall–Kier alpha value is -4.14. The number of rotatable bonds is 9. The van der Waals surface area contributed by atoms with Gasteiger partial charge in [0.1, 0.15) is 33.3 Å². The molecule has 44 heavy (non-hydrogen) atoms. The number of aromatic nitrogens is 1. The number of nitrogens with zero attached hydrogens (tertiary/aromatic N) is 5. The minimum absolute atomic E-state index is 0.0772. The predicted octanol–water partition coefficient (Wildman–Crippen LogP) is 5.36. The van der Waals surface area contributed by atoms with Crippen molar-refractivity contribution in [3.8, 4) is 11.8 Å². The van der Waals surface area contributed by atoms with Gasteiger partial charge in [0.15, 0.2) is 0 Å². The van der Waals surface area contributed by atoms with Crippen LogP contribution in [0.15, 0.2) is 58.2 Å². The lowest BCUT2D eigenvalue weighted by atomic mass is 10.0. The Labute approximate surface area is 266 Å². The average Bonchev–Trinajstić information content (AvgIpc) is 3.30. The lowest BCUT2D eigenvalue weighted by Gasteiger charge is -2.39. The number of nitriles is 1. The summed E-state index contributed by atoms with van der Waals surface area (Å²) in [6.07, 6.45) is 3.13. The van der Waals surface area contributed by atoms with E-state index in [0.717, 1.165) is 17.0 Å². The molecule has 8 nitrogen and oxygen atoms in total. The molecule has 1 aromatic heterocycles. The number of hydrogen-bond acceptors (Lipinski definition) is 8. The van der Waals surface area contributed by atoms with E-state index in [1.54, 1.807) is 41.7 Å². The molecule has 2 fully saturated rings. The van der Waals surface area contributed by atoms with Crippen LogP contribution in [-0.4, -0.2) is 59.5 Å². The smallest absolute Gasteiger partial charge is 0.270 e. The van der Waals surface area contributed by atoms with E-state index in [9.17, 15) is 19.2 Å². The Morgan fingerprint density at radius 2 is 1.68 bits per heavy atom. The molecule has 1 amide bonds. The molecule has 2 saturated heterocycles. The van der Waals surface area contributed by atoms with Gasteiger partial charge in [0.25, 0.3) is 11.5 Å². The molecule has 3 aromatic rings. The summed E-state index contributed by atoms with van der Waals surface area (Å²) in [4.78, 5) is 33.6. The minimum Gasteiger partial charge on any atom is -0.497 e. The fraction of sp³-hybridized carbons (Fsp3) is 0.333. The molecule has 0 radical (unpaired) electrons. The van der Waals surface area contributed by atoms with E-state index in [-0.39, 0.29) is 22.8 Å². The van der Waals surface area contributed by atoms with Crippen molar-refractivity contribution in [2.24, 2.45) is 0 Å². The van der Waals surface area contributed by atoms with Gasteiger partial charge in [-0.15, -0.1) is 0 Å². The normalized spacial score (nSPS) is 16.2. The molecule has 5 rings (SSSR count). The number of methoxy groups -OCH3 is 1. The van der Waals surface area contributed by atoms with Gasteiger partial charge in [-0.1, -0.05) is 43.0 Å². The summed E-state index contributed by atoms with van der Waals surface area (Å²) in [6.45, 7) is 7.17. The highest BCUT2D eigenvalue weighted by Gasteiger charge is 2.33. The van der Waals surface area contributed by atoms with Crippen molar-refractivity contribution in [2.45, 2.75) is 33.2 Å². The molecule has 0 atom stereocenters. The first-order valence-corrected chi connectivity index (χ1v) is 15.8. The van der Waals surface area contributed by atoms with Crippen molar-refractivity contribution in [3.05, 3.63) is 91.9 Å². The Kier molecular flexibility index (Phi) is 9.71. The second-order valence-electron chi connectivity index (χ2n) is 10.7. The zero-order valence-electron chi connectivity index (χ0n) is 25.0. The maximum Gasteiger partial charge on any atom is 0.270 e. The largest absolute Gasteiger partial charge is 0.497 e. The maximum absolute atomic E-state index is 13.6. The van der Waals surface area contributed by atoms with Crippen LogP contribution in [0.4, 0.5) is 15.9 Å². The summed E-state index contributed by atoms with van der Waals surface area (Å²) in [5.74, 6) is 1.01. The molecule has 0 N–H and O–H groups in total. The molecule has 0 bridgehead atoms. The highest BCUT2D eigenvalue weighted by Crippen LogP contribution is 2.36. The van der Waals surface area contributed by atoms with Crippen molar-refractivity contribution < 1.29 is 13.9 Å². The Morgan fingerprint density at radius 1 is 1.02 bits per heavy atom. The van der Waals surface area contributed by atoms with Crippen molar-refractivity contribution in [3.63, 3.8) is 0 Å². The summed E-state index contributed by atoms with van der Waals surface area (Å²) in [7, 11) is 1.62. The number of halogens is 1. The van der Waals surface area contributed by atoms with Crippen LogP contribution in [0.1, 0.15) is 35.6 Å². The third-order valence-corrected chi connectivity index (χ3v) is 9.37. The van der Waals surface area contributed by atoms with E-state index in [2.05, 4.69) is 15.9 Å². The number of carbonyl (C=O) groups excluding carboxylic acids is 1. The van der Waals surface area contributed by atoms with Gasteiger partial charge in [-0.05, 0) is 73.4 Å². The molecule has 2 aliphatic heterocycles. The average molecular weight is 632 g/mol. The molecule has 228 valence electrons. The molecule has 11 heteroatoms. The second-order valence-corrected chi connectivity index (χ2v) is 12.4.